The maximum Gasteiger partial charge on any atom is 0.433 e. The molecule has 2 N–H and O–H groups in total. The van der Waals surface area contributed by atoms with Crippen molar-refractivity contribution in [3.8, 4) is 5.88 Å². The summed E-state index contributed by atoms with van der Waals surface area (Å²) in [5.41, 5.74) is 0.596. The fourth-order valence-corrected chi connectivity index (χ4v) is 3.38. The van der Waals surface area contributed by atoms with Crippen LogP contribution in [0.3, 0.4) is 0 Å². The van der Waals surface area contributed by atoms with Crippen molar-refractivity contribution in [3.63, 3.8) is 0 Å². The summed E-state index contributed by atoms with van der Waals surface area (Å²) in [5, 5.41) is 2.65. The van der Waals surface area contributed by atoms with Crippen LogP contribution in [0.25, 0.3) is 5.57 Å². The van der Waals surface area contributed by atoms with E-state index < -0.39 is 33.9 Å². The van der Waals surface area contributed by atoms with E-state index in [0.717, 1.165) is 18.4 Å². The van der Waals surface area contributed by atoms with Gasteiger partial charge in [-0.05, 0) is 49.6 Å². The van der Waals surface area contributed by atoms with Gasteiger partial charge in [-0.15, -0.1) is 0 Å². The fraction of sp³-hybridized carbons (Fsp3) is 0.364. The second-order valence-electron chi connectivity index (χ2n) is 7.57. The molecule has 1 aromatic carbocycles. The lowest BCUT2D eigenvalue weighted by Crippen LogP contribution is -2.24. The molecular weight excluding hydrogens is 459 g/mol. The average molecular weight is 486 g/mol. The number of amides is 1. The van der Waals surface area contributed by atoms with Gasteiger partial charge in [0.2, 0.25) is 15.9 Å². The summed E-state index contributed by atoms with van der Waals surface area (Å²) < 4.78 is 70.0. The first-order valence-electron chi connectivity index (χ1n) is 10.0. The first kappa shape index (κ1) is 26.2. The molecule has 1 unspecified atom stereocenters. The Morgan fingerprint density at radius 1 is 1.24 bits per heavy atom. The van der Waals surface area contributed by atoms with Crippen LogP contribution < -0.4 is 14.8 Å². The maximum atomic E-state index is 13.1. The van der Waals surface area contributed by atoms with Crippen molar-refractivity contribution in [2.24, 2.45) is 0 Å². The number of pyridine rings is 1. The van der Waals surface area contributed by atoms with E-state index in [1.54, 1.807) is 39.0 Å². The summed E-state index contributed by atoms with van der Waals surface area (Å²) in [7, 11) is -3.43. The van der Waals surface area contributed by atoms with Crippen LogP contribution in [0.1, 0.15) is 42.7 Å². The molecule has 0 fully saturated rings. The van der Waals surface area contributed by atoms with Gasteiger partial charge in [0.05, 0.1) is 18.0 Å². The molecule has 33 heavy (non-hydrogen) atoms. The van der Waals surface area contributed by atoms with Gasteiger partial charge in [-0.3, -0.25) is 9.52 Å². The molecule has 1 heterocycles. The Hall–Kier alpha value is -3.08. The number of aryl methyl sites for hydroxylation is 1. The molecule has 0 aliphatic rings. The molecule has 0 bridgehead atoms. The number of aromatic nitrogens is 1. The third kappa shape index (κ3) is 7.48. The number of nitrogens with one attached hydrogen (secondary N) is 2. The first-order chi connectivity index (χ1) is 15.2. The van der Waals surface area contributed by atoms with Gasteiger partial charge < -0.3 is 10.1 Å². The van der Waals surface area contributed by atoms with E-state index in [9.17, 15) is 26.4 Å². The standard InChI is InChI=1S/C22H26F3N3O4S/c1-6-14(3)32-21-17(8-10-19(27-21)22(23,24)25)15(4)20(29)26-12-16-7-9-18(13(2)11-16)28-33(5,30)31/h7-11,14,28H,4,6,12H2,1-3,5H3,(H,26,29). The molecule has 0 aliphatic carbocycles. The van der Waals surface area contributed by atoms with Gasteiger partial charge in [0.25, 0.3) is 5.91 Å². The molecule has 2 aromatic rings. The molecular formula is C22H26F3N3O4S. The van der Waals surface area contributed by atoms with Gasteiger partial charge in [0.15, 0.2) is 0 Å². The highest BCUT2D eigenvalue weighted by Crippen LogP contribution is 2.33. The molecule has 0 spiro atoms. The minimum atomic E-state index is -4.66. The summed E-state index contributed by atoms with van der Waals surface area (Å²) in [4.78, 5) is 16.2. The lowest BCUT2D eigenvalue weighted by molar-refractivity contribution is -0.141. The third-order valence-corrected chi connectivity index (χ3v) is 5.27. The molecule has 7 nitrogen and oxygen atoms in total. The molecule has 180 valence electrons. The maximum absolute atomic E-state index is 13.1. The van der Waals surface area contributed by atoms with Gasteiger partial charge in [-0.25, -0.2) is 13.4 Å². The SMILES string of the molecule is C=C(C(=O)NCc1ccc(NS(C)(=O)=O)c(C)c1)c1ccc(C(F)(F)F)nc1OC(C)CC. The molecule has 0 radical (unpaired) electrons. The normalized spacial score (nSPS) is 12.7. The third-order valence-electron chi connectivity index (χ3n) is 4.68. The van der Waals surface area contributed by atoms with Crippen molar-refractivity contribution < 1.29 is 31.1 Å². The second kappa shape index (κ2) is 10.2. The van der Waals surface area contributed by atoms with E-state index in [0.29, 0.717) is 23.2 Å². The van der Waals surface area contributed by atoms with Gasteiger partial charge >= 0.3 is 6.18 Å². The van der Waals surface area contributed by atoms with E-state index in [2.05, 4.69) is 21.6 Å². The van der Waals surface area contributed by atoms with Crippen LogP contribution in [-0.2, 0) is 27.5 Å². The number of sulfonamides is 1. The zero-order valence-corrected chi connectivity index (χ0v) is 19.5. The molecule has 2 rings (SSSR count). The topological polar surface area (TPSA) is 97.4 Å². The van der Waals surface area contributed by atoms with Crippen LogP contribution in [0, 0.1) is 6.92 Å². The summed E-state index contributed by atoms with van der Waals surface area (Å²) >= 11 is 0. The number of anilines is 1. The van der Waals surface area contributed by atoms with Crippen LogP contribution in [-0.4, -0.2) is 31.7 Å². The summed E-state index contributed by atoms with van der Waals surface area (Å²) in [6.07, 6.45) is -3.51. The largest absolute Gasteiger partial charge is 0.474 e. The van der Waals surface area contributed by atoms with Crippen LogP contribution >= 0.6 is 0 Å². The number of rotatable bonds is 9. The van der Waals surface area contributed by atoms with Crippen molar-refractivity contribution in [1.29, 1.82) is 0 Å². The molecule has 1 atom stereocenters. The Balaban J connectivity index is 2.19. The molecule has 0 saturated carbocycles. The van der Waals surface area contributed by atoms with E-state index in [1.807, 2.05) is 0 Å². The lowest BCUT2D eigenvalue weighted by Gasteiger charge is -2.18. The van der Waals surface area contributed by atoms with Crippen LogP contribution in [0.15, 0.2) is 36.9 Å². The van der Waals surface area contributed by atoms with Gasteiger partial charge in [0.1, 0.15) is 5.69 Å². The number of benzene rings is 1. The van der Waals surface area contributed by atoms with Gasteiger partial charge in [-0.2, -0.15) is 13.2 Å². The van der Waals surface area contributed by atoms with Crippen molar-refractivity contribution in [2.45, 2.75) is 46.0 Å². The monoisotopic (exact) mass is 485 g/mol. The van der Waals surface area contributed by atoms with Crippen molar-refractivity contribution in [2.75, 3.05) is 11.0 Å². The summed E-state index contributed by atoms with van der Waals surface area (Å²) in [5.74, 6) is -0.923. The van der Waals surface area contributed by atoms with Gasteiger partial charge in [-0.1, -0.05) is 25.6 Å². The van der Waals surface area contributed by atoms with E-state index in [1.165, 1.54) is 0 Å². The molecule has 0 aliphatic heterocycles. The Morgan fingerprint density at radius 2 is 1.91 bits per heavy atom. The predicted octanol–water partition coefficient (Wildman–Crippen LogP) is 4.29. The number of alkyl halides is 3. The zero-order valence-electron chi connectivity index (χ0n) is 18.7. The van der Waals surface area contributed by atoms with Gasteiger partial charge in [0, 0.05) is 17.7 Å². The number of halogens is 3. The number of carbonyl (C=O) groups excluding carboxylic acids is 1. The van der Waals surface area contributed by atoms with Crippen LogP contribution in [0.5, 0.6) is 5.88 Å². The number of hydrogen-bond donors (Lipinski definition) is 2. The number of ether oxygens (including phenoxy) is 1. The van der Waals surface area contributed by atoms with Crippen LogP contribution in [0.4, 0.5) is 18.9 Å². The quantitative estimate of drug-likeness (QED) is 0.517. The Morgan fingerprint density at radius 3 is 2.45 bits per heavy atom. The molecule has 1 amide bonds. The number of hydrogen-bond acceptors (Lipinski definition) is 5. The summed E-state index contributed by atoms with van der Waals surface area (Å²) in [6, 6.07) is 6.80. The summed E-state index contributed by atoms with van der Waals surface area (Å²) in [6.45, 7) is 8.99. The minimum Gasteiger partial charge on any atom is -0.474 e. The zero-order chi connectivity index (χ0) is 25.0. The molecule has 0 saturated heterocycles. The highest BCUT2D eigenvalue weighted by molar-refractivity contribution is 7.92. The Bertz CT molecular complexity index is 1150. The second-order valence-corrected chi connectivity index (χ2v) is 9.32. The molecule has 11 heteroatoms. The van der Waals surface area contributed by atoms with Crippen LogP contribution in [0.2, 0.25) is 0 Å². The number of carbonyl (C=O) groups is 1. The Kier molecular flexibility index (Phi) is 8.12. The van der Waals surface area contributed by atoms with E-state index >= 15 is 0 Å². The minimum absolute atomic E-state index is 0.0599. The fourth-order valence-electron chi connectivity index (χ4n) is 2.75. The smallest absolute Gasteiger partial charge is 0.433 e. The highest BCUT2D eigenvalue weighted by atomic mass is 32.2. The molecule has 1 aromatic heterocycles. The Labute approximate surface area is 191 Å². The predicted molar refractivity (Wildman–Crippen MR) is 120 cm³/mol. The van der Waals surface area contributed by atoms with E-state index in [-0.39, 0.29) is 23.6 Å². The van der Waals surface area contributed by atoms with Crippen molar-refractivity contribution in [3.05, 3.63) is 59.3 Å². The van der Waals surface area contributed by atoms with Crippen molar-refractivity contribution in [1.82, 2.24) is 10.3 Å². The van der Waals surface area contributed by atoms with Crippen molar-refractivity contribution >= 4 is 27.2 Å². The lowest BCUT2D eigenvalue weighted by atomic mass is 10.1. The average Bonchev–Trinajstić information content (AvgIpc) is 2.71. The van der Waals surface area contributed by atoms with E-state index in [4.69, 9.17) is 4.74 Å². The number of nitrogens with zero attached hydrogens (tertiary/aromatic N) is 1. The first-order valence-corrected chi connectivity index (χ1v) is 11.9. The highest BCUT2D eigenvalue weighted by Gasteiger charge is 2.34.